The second-order valence-corrected chi connectivity index (χ2v) is 5.81. The third-order valence-corrected chi connectivity index (χ3v) is 2.15. The van der Waals surface area contributed by atoms with Crippen molar-refractivity contribution in [2.45, 2.75) is 52.5 Å². The first-order chi connectivity index (χ1) is 9.81. The van der Waals surface area contributed by atoms with Crippen molar-refractivity contribution >= 4 is 11.9 Å². The minimum Gasteiger partial charge on any atom is -0.459 e. The summed E-state index contributed by atoms with van der Waals surface area (Å²) in [7, 11) is 0. The van der Waals surface area contributed by atoms with Crippen molar-refractivity contribution in [1.82, 2.24) is 0 Å². The molecule has 0 aliphatic rings. The fourth-order valence-corrected chi connectivity index (χ4v) is 1.46. The van der Waals surface area contributed by atoms with E-state index in [1.165, 1.54) is 13.8 Å². The Bertz CT molecular complexity index is 564. The minimum atomic E-state index is -4.94. The molecular weight excluding hydrogens is 305 g/mol. The Labute approximate surface area is 125 Å². The predicted octanol–water partition coefficient (Wildman–Crippen LogP) is 3.82. The molecular formula is C14H17F3O5. The van der Waals surface area contributed by atoms with Gasteiger partial charge in [0, 0.05) is 6.07 Å². The summed E-state index contributed by atoms with van der Waals surface area (Å²) < 4.78 is 52.8. The lowest BCUT2D eigenvalue weighted by Gasteiger charge is -2.18. The van der Waals surface area contributed by atoms with Gasteiger partial charge in [-0.1, -0.05) is 0 Å². The summed E-state index contributed by atoms with van der Waals surface area (Å²) in [4.78, 5) is 23.5. The number of esters is 2. The summed E-state index contributed by atoms with van der Waals surface area (Å²) in [5.41, 5.74) is -1.78. The fourth-order valence-electron chi connectivity index (χ4n) is 1.46. The Balaban J connectivity index is 3.22. The molecule has 0 atom stereocenters. The van der Waals surface area contributed by atoms with Crippen LogP contribution in [0.15, 0.2) is 10.5 Å². The summed E-state index contributed by atoms with van der Waals surface area (Å²) in [5, 5.41) is 0. The summed E-state index contributed by atoms with van der Waals surface area (Å²) in [6.07, 6.45) is -5.56. The zero-order valence-electron chi connectivity index (χ0n) is 12.8. The van der Waals surface area contributed by atoms with Crippen LogP contribution in [-0.2, 0) is 15.7 Å². The van der Waals surface area contributed by atoms with Gasteiger partial charge in [0.1, 0.15) is 11.2 Å². The number of carbonyl (C=O) groups is 2. The number of furan rings is 1. The molecule has 5 nitrogen and oxygen atoms in total. The number of hydrogen-bond acceptors (Lipinski definition) is 5. The molecule has 0 aliphatic carbocycles. The molecule has 0 spiro atoms. The highest BCUT2D eigenvalue weighted by Crippen LogP contribution is 2.35. The van der Waals surface area contributed by atoms with Crippen LogP contribution < -0.4 is 0 Å². The molecule has 1 aromatic rings. The van der Waals surface area contributed by atoms with Crippen molar-refractivity contribution < 1.29 is 36.7 Å². The Morgan fingerprint density at radius 2 is 1.68 bits per heavy atom. The zero-order chi connectivity index (χ0) is 17.3. The van der Waals surface area contributed by atoms with Gasteiger partial charge in [0.25, 0.3) is 0 Å². The Hall–Kier alpha value is -1.99. The number of ether oxygens (including phenoxy) is 2. The molecule has 0 bridgehead atoms. The molecule has 0 amide bonds. The molecule has 0 saturated carbocycles. The van der Waals surface area contributed by atoms with Crippen LogP contribution in [0.3, 0.4) is 0 Å². The molecule has 0 radical (unpaired) electrons. The van der Waals surface area contributed by atoms with E-state index in [9.17, 15) is 22.8 Å². The second kappa shape index (κ2) is 6.02. The van der Waals surface area contributed by atoms with Gasteiger partial charge < -0.3 is 13.9 Å². The number of halogens is 3. The van der Waals surface area contributed by atoms with Gasteiger partial charge in [-0.2, -0.15) is 13.2 Å². The van der Waals surface area contributed by atoms with Gasteiger partial charge in [-0.3, -0.25) is 0 Å². The molecule has 0 saturated heterocycles. The van der Waals surface area contributed by atoms with Crippen molar-refractivity contribution in [3.8, 4) is 0 Å². The van der Waals surface area contributed by atoms with Crippen LogP contribution in [0.4, 0.5) is 13.2 Å². The van der Waals surface area contributed by atoms with Crippen molar-refractivity contribution in [3.05, 3.63) is 23.2 Å². The van der Waals surface area contributed by atoms with Crippen molar-refractivity contribution in [3.63, 3.8) is 0 Å². The van der Waals surface area contributed by atoms with E-state index in [1.807, 2.05) is 0 Å². The summed E-state index contributed by atoms with van der Waals surface area (Å²) in [5.74, 6) is -4.61. The molecule has 124 valence electrons. The quantitative estimate of drug-likeness (QED) is 0.792. The molecule has 1 rings (SSSR count). The first kappa shape index (κ1) is 18.1. The van der Waals surface area contributed by atoms with E-state index < -0.39 is 46.9 Å². The average Bonchev–Trinajstić information content (AvgIpc) is 2.69. The van der Waals surface area contributed by atoms with E-state index in [-0.39, 0.29) is 0 Å². The highest BCUT2D eigenvalue weighted by atomic mass is 19.4. The van der Waals surface area contributed by atoms with Gasteiger partial charge >= 0.3 is 18.1 Å². The van der Waals surface area contributed by atoms with E-state index in [2.05, 4.69) is 4.42 Å². The van der Waals surface area contributed by atoms with E-state index in [0.717, 1.165) is 0 Å². The Morgan fingerprint density at radius 1 is 1.14 bits per heavy atom. The van der Waals surface area contributed by atoms with Gasteiger partial charge in [-0.25, -0.2) is 9.59 Å². The van der Waals surface area contributed by atoms with Crippen LogP contribution in [0, 0.1) is 0 Å². The van der Waals surface area contributed by atoms with Crippen LogP contribution >= 0.6 is 0 Å². The highest BCUT2D eigenvalue weighted by molar-refractivity contribution is 5.95. The number of alkyl halides is 3. The molecule has 8 heteroatoms. The maximum atomic E-state index is 12.9. The Kier molecular flexibility index (Phi) is 4.94. The number of hydrogen-bond donors (Lipinski definition) is 0. The maximum absolute atomic E-state index is 12.9. The molecule has 0 N–H and O–H groups in total. The second-order valence-electron chi connectivity index (χ2n) is 5.81. The topological polar surface area (TPSA) is 65.7 Å². The predicted molar refractivity (Wildman–Crippen MR) is 69.4 cm³/mol. The lowest BCUT2D eigenvalue weighted by atomic mass is 10.2. The molecule has 0 fully saturated rings. The third kappa shape index (κ3) is 4.78. The van der Waals surface area contributed by atoms with E-state index in [0.29, 0.717) is 6.07 Å². The normalized spacial score (nSPS) is 12.4. The van der Waals surface area contributed by atoms with Crippen LogP contribution in [0.1, 0.15) is 61.3 Å². The standard InChI is InChI=1S/C14H17F3O5/c1-7(2)20-11(18)8-6-9(12(19)22-13(3,4)5)21-10(8)14(15,16)17/h6-7H,1-5H3. The van der Waals surface area contributed by atoms with Gasteiger partial charge in [0.15, 0.2) is 0 Å². The third-order valence-electron chi connectivity index (χ3n) is 2.15. The van der Waals surface area contributed by atoms with E-state index in [1.54, 1.807) is 20.8 Å². The van der Waals surface area contributed by atoms with Crippen LogP contribution in [0.5, 0.6) is 0 Å². The molecule has 0 aromatic carbocycles. The van der Waals surface area contributed by atoms with Gasteiger partial charge in [-0.05, 0) is 34.6 Å². The van der Waals surface area contributed by atoms with Gasteiger partial charge in [0.05, 0.1) is 6.10 Å². The molecule has 0 unspecified atom stereocenters. The number of rotatable bonds is 3. The smallest absolute Gasteiger partial charge is 0.450 e. The largest absolute Gasteiger partial charge is 0.459 e. The molecule has 1 aromatic heterocycles. The van der Waals surface area contributed by atoms with Crippen LogP contribution in [0.2, 0.25) is 0 Å². The van der Waals surface area contributed by atoms with Gasteiger partial charge in [0.2, 0.25) is 11.5 Å². The minimum absolute atomic E-state index is 0.617. The monoisotopic (exact) mass is 322 g/mol. The molecule has 22 heavy (non-hydrogen) atoms. The Morgan fingerprint density at radius 3 is 2.09 bits per heavy atom. The summed E-state index contributed by atoms with van der Waals surface area (Å²) in [6.45, 7) is 7.62. The van der Waals surface area contributed by atoms with E-state index in [4.69, 9.17) is 9.47 Å². The van der Waals surface area contributed by atoms with Crippen molar-refractivity contribution in [1.29, 1.82) is 0 Å². The highest BCUT2D eigenvalue weighted by Gasteiger charge is 2.42. The van der Waals surface area contributed by atoms with Crippen molar-refractivity contribution in [2.75, 3.05) is 0 Å². The molecule has 1 heterocycles. The summed E-state index contributed by atoms with van der Waals surface area (Å²) in [6, 6.07) is 0.682. The van der Waals surface area contributed by atoms with Crippen molar-refractivity contribution in [2.24, 2.45) is 0 Å². The van der Waals surface area contributed by atoms with Crippen LogP contribution in [0.25, 0.3) is 0 Å². The lowest BCUT2D eigenvalue weighted by molar-refractivity contribution is -0.153. The SMILES string of the molecule is CC(C)OC(=O)c1cc(C(=O)OC(C)(C)C)oc1C(F)(F)F. The lowest BCUT2D eigenvalue weighted by Crippen LogP contribution is -2.23. The summed E-state index contributed by atoms with van der Waals surface area (Å²) >= 11 is 0. The molecule has 0 aliphatic heterocycles. The van der Waals surface area contributed by atoms with Crippen LogP contribution in [-0.4, -0.2) is 23.6 Å². The maximum Gasteiger partial charge on any atom is 0.450 e. The zero-order valence-corrected chi connectivity index (χ0v) is 12.8. The fraction of sp³-hybridized carbons (Fsp3) is 0.571. The first-order valence-electron chi connectivity index (χ1n) is 6.46. The number of carbonyl (C=O) groups excluding carboxylic acids is 2. The van der Waals surface area contributed by atoms with Gasteiger partial charge in [-0.15, -0.1) is 0 Å². The van der Waals surface area contributed by atoms with E-state index >= 15 is 0 Å². The first-order valence-corrected chi connectivity index (χ1v) is 6.46. The average molecular weight is 322 g/mol.